The van der Waals surface area contributed by atoms with E-state index in [1.807, 2.05) is 0 Å². The van der Waals surface area contributed by atoms with Gasteiger partial charge in [-0.25, -0.2) is 18.5 Å². The van der Waals surface area contributed by atoms with Gasteiger partial charge < -0.3 is 5.32 Å². The van der Waals surface area contributed by atoms with Gasteiger partial charge in [0.2, 0.25) is 10.0 Å². The number of hydrogen-bond acceptors (Lipinski definition) is 4. The molecule has 8 heteroatoms. The van der Waals surface area contributed by atoms with Crippen molar-refractivity contribution in [1.29, 1.82) is 0 Å². The molecule has 94 valence electrons. The number of rotatable bonds is 4. The van der Waals surface area contributed by atoms with Crippen LogP contribution >= 0.6 is 11.6 Å². The van der Waals surface area contributed by atoms with Gasteiger partial charge in [-0.15, -0.1) is 0 Å². The Morgan fingerprint density at radius 2 is 2.18 bits per heavy atom. The zero-order chi connectivity index (χ0) is 13.1. The third-order valence-corrected chi connectivity index (χ3v) is 2.82. The maximum Gasteiger partial charge on any atom is 0.251 e. The molecular formula is C9H12ClN3O3S. The van der Waals surface area contributed by atoms with Crippen molar-refractivity contribution in [1.82, 2.24) is 10.3 Å². The average Bonchev–Trinajstić information content (AvgIpc) is 2.13. The van der Waals surface area contributed by atoms with Crippen molar-refractivity contribution in [3.63, 3.8) is 0 Å². The van der Waals surface area contributed by atoms with E-state index in [-0.39, 0.29) is 17.5 Å². The first kappa shape index (κ1) is 13.9. The van der Waals surface area contributed by atoms with Crippen molar-refractivity contribution in [2.45, 2.75) is 6.92 Å². The molecule has 6 nitrogen and oxygen atoms in total. The number of pyridine rings is 1. The van der Waals surface area contributed by atoms with Gasteiger partial charge in [-0.2, -0.15) is 0 Å². The molecule has 0 saturated heterocycles. The number of nitrogens with zero attached hydrogens (tertiary/aromatic N) is 1. The molecule has 0 atom stereocenters. The Bertz CT molecular complexity index is 510. The molecular weight excluding hydrogens is 266 g/mol. The van der Waals surface area contributed by atoms with Gasteiger partial charge in [0.15, 0.2) is 0 Å². The number of carbonyl (C=O) groups is 1. The number of amides is 1. The Hall–Kier alpha value is -1.18. The van der Waals surface area contributed by atoms with Crippen LogP contribution in [0.2, 0.25) is 5.15 Å². The molecule has 17 heavy (non-hydrogen) atoms. The monoisotopic (exact) mass is 277 g/mol. The fourth-order valence-electron chi connectivity index (χ4n) is 1.17. The van der Waals surface area contributed by atoms with Crippen molar-refractivity contribution < 1.29 is 13.2 Å². The van der Waals surface area contributed by atoms with Crippen LogP contribution in [0.4, 0.5) is 0 Å². The van der Waals surface area contributed by atoms with E-state index in [9.17, 15) is 13.2 Å². The lowest BCUT2D eigenvalue weighted by molar-refractivity contribution is 0.0956. The van der Waals surface area contributed by atoms with Gasteiger partial charge in [-0.1, -0.05) is 11.6 Å². The third-order valence-electron chi connectivity index (χ3n) is 1.86. The van der Waals surface area contributed by atoms with E-state index in [2.05, 4.69) is 10.3 Å². The van der Waals surface area contributed by atoms with Crippen LogP contribution in [0.5, 0.6) is 0 Å². The lowest BCUT2D eigenvalue weighted by Gasteiger charge is -2.05. The molecule has 0 saturated carbocycles. The second-order valence-electron chi connectivity index (χ2n) is 3.44. The molecule has 1 heterocycles. The van der Waals surface area contributed by atoms with Crippen molar-refractivity contribution in [3.05, 3.63) is 28.5 Å². The summed E-state index contributed by atoms with van der Waals surface area (Å²) in [6, 6.07) is 2.96. The Morgan fingerprint density at radius 3 is 2.71 bits per heavy atom. The summed E-state index contributed by atoms with van der Waals surface area (Å²) in [6.45, 7) is 1.66. The fraction of sp³-hybridized carbons (Fsp3) is 0.333. The van der Waals surface area contributed by atoms with Gasteiger partial charge in [-0.3, -0.25) is 4.79 Å². The zero-order valence-electron chi connectivity index (χ0n) is 9.10. The van der Waals surface area contributed by atoms with Crippen LogP contribution in [0.15, 0.2) is 12.1 Å². The number of aryl methyl sites for hydroxylation is 1. The Balaban J connectivity index is 2.64. The van der Waals surface area contributed by atoms with Crippen LogP contribution in [0.25, 0.3) is 0 Å². The van der Waals surface area contributed by atoms with Crippen molar-refractivity contribution in [2.24, 2.45) is 5.14 Å². The minimum atomic E-state index is -3.57. The molecule has 0 bridgehead atoms. The van der Waals surface area contributed by atoms with E-state index in [0.29, 0.717) is 11.3 Å². The van der Waals surface area contributed by atoms with Crippen LogP contribution in [0.1, 0.15) is 16.1 Å². The molecule has 1 aromatic heterocycles. The number of sulfonamides is 1. The van der Waals surface area contributed by atoms with Crippen LogP contribution < -0.4 is 10.5 Å². The molecule has 3 N–H and O–H groups in total. The summed E-state index contributed by atoms with van der Waals surface area (Å²) < 4.78 is 21.3. The van der Waals surface area contributed by atoms with Crippen LogP contribution in [0.3, 0.4) is 0 Å². The average molecular weight is 278 g/mol. The second kappa shape index (κ2) is 5.44. The number of hydrogen-bond donors (Lipinski definition) is 2. The summed E-state index contributed by atoms with van der Waals surface area (Å²) in [5, 5.41) is 7.43. The van der Waals surface area contributed by atoms with Crippen molar-refractivity contribution in [3.8, 4) is 0 Å². The summed E-state index contributed by atoms with van der Waals surface area (Å²) in [7, 11) is -3.57. The zero-order valence-corrected chi connectivity index (χ0v) is 10.7. The molecule has 0 aliphatic heterocycles. The molecule has 0 radical (unpaired) electrons. The molecule has 1 aromatic rings. The Kier molecular flexibility index (Phi) is 4.44. The number of primary sulfonamides is 1. The van der Waals surface area contributed by atoms with E-state index < -0.39 is 15.9 Å². The predicted octanol–water partition coefficient (Wildman–Crippen LogP) is 0.0617. The van der Waals surface area contributed by atoms with E-state index >= 15 is 0 Å². The van der Waals surface area contributed by atoms with E-state index in [1.165, 1.54) is 6.07 Å². The van der Waals surface area contributed by atoms with E-state index in [1.54, 1.807) is 13.0 Å². The minimum Gasteiger partial charge on any atom is -0.351 e. The normalized spacial score (nSPS) is 11.2. The summed E-state index contributed by atoms with van der Waals surface area (Å²) >= 11 is 5.69. The number of nitrogens with one attached hydrogen (secondary N) is 1. The van der Waals surface area contributed by atoms with Crippen molar-refractivity contribution in [2.75, 3.05) is 12.3 Å². The highest BCUT2D eigenvalue weighted by molar-refractivity contribution is 7.89. The first-order valence-corrected chi connectivity index (χ1v) is 6.80. The molecule has 0 aliphatic carbocycles. The molecule has 0 fully saturated rings. The molecule has 0 unspecified atom stereocenters. The van der Waals surface area contributed by atoms with Crippen LogP contribution in [-0.2, 0) is 10.0 Å². The van der Waals surface area contributed by atoms with Gasteiger partial charge in [0.05, 0.1) is 5.75 Å². The molecule has 1 rings (SSSR count). The standard InChI is InChI=1S/C9H12ClN3O3S/c1-6-4-7(5-8(10)13-6)9(14)12-2-3-17(11,15)16/h4-5H,2-3H2,1H3,(H,12,14)(H2,11,15,16). The van der Waals surface area contributed by atoms with Gasteiger partial charge in [0, 0.05) is 17.8 Å². The quantitative estimate of drug-likeness (QED) is 0.760. The number of nitrogens with two attached hydrogens (primary N) is 1. The second-order valence-corrected chi connectivity index (χ2v) is 5.56. The topological polar surface area (TPSA) is 102 Å². The van der Waals surface area contributed by atoms with E-state index in [4.69, 9.17) is 16.7 Å². The van der Waals surface area contributed by atoms with Crippen LogP contribution in [0, 0.1) is 6.92 Å². The highest BCUT2D eigenvalue weighted by Crippen LogP contribution is 2.10. The molecule has 0 aromatic carbocycles. The first-order valence-electron chi connectivity index (χ1n) is 4.71. The molecule has 0 spiro atoms. The Morgan fingerprint density at radius 1 is 1.53 bits per heavy atom. The Labute approximate surface area is 104 Å². The summed E-state index contributed by atoms with van der Waals surface area (Å²) in [5.74, 6) is -0.725. The summed E-state index contributed by atoms with van der Waals surface area (Å²) in [5.41, 5.74) is 0.936. The highest BCUT2D eigenvalue weighted by atomic mass is 35.5. The number of halogens is 1. The summed E-state index contributed by atoms with van der Waals surface area (Å²) in [6.07, 6.45) is 0. The van der Waals surface area contributed by atoms with E-state index in [0.717, 1.165) is 0 Å². The third kappa shape index (κ3) is 5.12. The SMILES string of the molecule is Cc1cc(C(=O)NCCS(N)(=O)=O)cc(Cl)n1. The largest absolute Gasteiger partial charge is 0.351 e. The minimum absolute atomic E-state index is 0.0450. The lowest BCUT2D eigenvalue weighted by Crippen LogP contribution is -2.31. The number of aromatic nitrogens is 1. The predicted molar refractivity (Wildman–Crippen MR) is 64.3 cm³/mol. The maximum absolute atomic E-state index is 11.6. The van der Waals surface area contributed by atoms with Gasteiger partial charge in [0.25, 0.3) is 5.91 Å². The van der Waals surface area contributed by atoms with Crippen molar-refractivity contribution >= 4 is 27.5 Å². The summed E-state index contributed by atoms with van der Waals surface area (Å²) in [4.78, 5) is 15.5. The first-order chi connectivity index (χ1) is 7.78. The van der Waals surface area contributed by atoms with Crippen LogP contribution in [-0.4, -0.2) is 31.6 Å². The fourth-order valence-corrected chi connectivity index (χ4v) is 1.81. The molecule has 0 aliphatic rings. The highest BCUT2D eigenvalue weighted by Gasteiger charge is 2.09. The van der Waals surface area contributed by atoms with Gasteiger partial charge in [-0.05, 0) is 19.1 Å². The molecule has 1 amide bonds. The smallest absolute Gasteiger partial charge is 0.251 e. The van der Waals surface area contributed by atoms with Gasteiger partial charge in [0.1, 0.15) is 5.15 Å². The lowest BCUT2D eigenvalue weighted by atomic mass is 10.2. The van der Waals surface area contributed by atoms with Gasteiger partial charge >= 0.3 is 0 Å². The number of carbonyl (C=O) groups excluding carboxylic acids is 1. The maximum atomic E-state index is 11.6.